The molecule has 1 fully saturated rings. The third-order valence-electron chi connectivity index (χ3n) is 4.90. The van der Waals surface area contributed by atoms with Crippen molar-refractivity contribution in [3.8, 4) is 11.5 Å². The molecular weight excluding hydrogens is 320 g/mol. The van der Waals surface area contributed by atoms with E-state index in [0.29, 0.717) is 11.7 Å². The Morgan fingerprint density at radius 3 is 2.40 bits per heavy atom. The minimum absolute atomic E-state index is 0.0345. The molecular formula is C21H25F2NO. The van der Waals surface area contributed by atoms with Crippen LogP contribution in [0.3, 0.4) is 0 Å². The molecule has 2 nitrogen and oxygen atoms in total. The van der Waals surface area contributed by atoms with E-state index in [9.17, 15) is 8.78 Å². The number of hydrogen-bond donors (Lipinski definition) is 0. The first kappa shape index (κ1) is 17.9. The van der Waals surface area contributed by atoms with Crippen molar-refractivity contribution in [2.24, 2.45) is 0 Å². The summed E-state index contributed by atoms with van der Waals surface area (Å²) < 4.78 is 32.1. The number of nitrogens with zero attached hydrogens (tertiary/aromatic N) is 1. The maximum absolute atomic E-state index is 13.7. The summed E-state index contributed by atoms with van der Waals surface area (Å²) >= 11 is 0. The van der Waals surface area contributed by atoms with E-state index >= 15 is 0 Å². The predicted octanol–water partition coefficient (Wildman–Crippen LogP) is 5.74. The number of ether oxygens (including phenoxy) is 1. The van der Waals surface area contributed by atoms with E-state index in [-0.39, 0.29) is 5.75 Å². The Balaban J connectivity index is 1.55. The van der Waals surface area contributed by atoms with E-state index < -0.39 is 11.6 Å². The third kappa shape index (κ3) is 5.02. The SMILES string of the molecule is CC(CCN1CCCCC1)c1ccc(Oc2ccc(F)cc2F)cc1. The van der Waals surface area contributed by atoms with Crippen molar-refractivity contribution < 1.29 is 13.5 Å². The van der Waals surface area contributed by atoms with E-state index in [1.807, 2.05) is 24.3 Å². The van der Waals surface area contributed by atoms with Crippen LogP contribution in [0.15, 0.2) is 42.5 Å². The number of likely N-dealkylation sites (tertiary alicyclic amines) is 1. The highest BCUT2D eigenvalue weighted by molar-refractivity contribution is 5.34. The normalized spacial score (nSPS) is 16.6. The first-order valence-electron chi connectivity index (χ1n) is 9.07. The molecule has 0 radical (unpaired) electrons. The van der Waals surface area contributed by atoms with Gasteiger partial charge in [-0.15, -0.1) is 0 Å². The van der Waals surface area contributed by atoms with Crippen molar-refractivity contribution in [1.82, 2.24) is 4.90 Å². The van der Waals surface area contributed by atoms with Crippen LogP contribution in [0.25, 0.3) is 0 Å². The van der Waals surface area contributed by atoms with Gasteiger partial charge in [-0.1, -0.05) is 25.5 Å². The highest BCUT2D eigenvalue weighted by Crippen LogP contribution is 2.27. The van der Waals surface area contributed by atoms with E-state index in [1.54, 1.807) is 0 Å². The number of halogens is 2. The summed E-state index contributed by atoms with van der Waals surface area (Å²) in [6, 6.07) is 11.1. The first-order valence-corrected chi connectivity index (χ1v) is 9.07. The largest absolute Gasteiger partial charge is 0.454 e. The molecule has 0 aromatic heterocycles. The molecule has 0 amide bonds. The molecule has 0 bridgehead atoms. The zero-order valence-electron chi connectivity index (χ0n) is 14.7. The van der Waals surface area contributed by atoms with Crippen LogP contribution in [-0.4, -0.2) is 24.5 Å². The molecule has 0 spiro atoms. The summed E-state index contributed by atoms with van der Waals surface area (Å²) in [4.78, 5) is 2.55. The molecule has 25 heavy (non-hydrogen) atoms. The second-order valence-corrected chi connectivity index (χ2v) is 6.84. The minimum atomic E-state index is -0.695. The number of hydrogen-bond acceptors (Lipinski definition) is 2. The summed E-state index contributed by atoms with van der Waals surface area (Å²) in [7, 11) is 0. The maximum Gasteiger partial charge on any atom is 0.168 e. The molecule has 1 atom stereocenters. The van der Waals surface area contributed by atoms with Crippen LogP contribution in [0.1, 0.15) is 44.1 Å². The van der Waals surface area contributed by atoms with Gasteiger partial charge in [0.25, 0.3) is 0 Å². The molecule has 4 heteroatoms. The lowest BCUT2D eigenvalue weighted by Gasteiger charge is -2.27. The highest BCUT2D eigenvalue weighted by Gasteiger charge is 2.13. The lowest BCUT2D eigenvalue weighted by molar-refractivity contribution is 0.222. The summed E-state index contributed by atoms with van der Waals surface area (Å²) in [6.45, 7) is 5.82. The van der Waals surface area contributed by atoms with Crippen molar-refractivity contribution in [1.29, 1.82) is 0 Å². The van der Waals surface area contributed by atoms with Crippen LogP contribution in [0, 0.1) is 11.6 Å². The lowest BCUT2D eigenvalue weighted by Crippen LogP contribution is -2.31. The zero-order chi connectivity index (χ0) is 17.6. The van der Waals surface area contributed by atoms with Crippen molar-refractivity contribution in [2.45, 2.75) is 38.5 Å². The fourth-order valence-corrected chi connectivity index (χ4v) is 3.28. The quantitative estimate of drug-likeness (QED) is 0.662. The Morgan fingerprint density at radius 1 is 1.00 bits per heavy atom. The van der Waals surface area contributed by atoms with Gasteiger partial charge in [-0.05, 0) is 74.6 Å². The Kier molecular flexibility index (Phi) is 6.03. The first-order chi connectivity index (χ1) is 12.1. The van der Waals surface area contributed by atoms with Crippen molar-refractivity contribution in [3.05, 3.63) is 59.7 Å². The predicted molar refractivity (Wildman–Crippen MR) is 96.2 cm³/mol. The van der Waals surface area contributed by atoms with E-state index in [2.05, 4.69) is 11.8 Å². The summed E-state index contributed by atoms with van der Waals surface area (Å²) in [5, 5.41) is 0. The van der Waals surface area contributed by atoms with Crippen LogP contribution in [0.4, 0.5) is 8.78 Å². The minimum Gasteiger partial charge on any atom is -0.454 e. The lowest BCUT2D eigenvalue weighted by atomic mass is 9.97. The molecule has 0 saturated carbocycles. The fraction of sp³-hybridized carbons (Fsp3) is 0.429. The second kappa shape index (κ2) is 8.43. The molecule has 2 aromatic rings. The molecule has 2 aromatic carbocycles. The highest BCUT2D eigenvalue weighted by atomic mass is 19.1. The van der Waals surface area contributed by atoms with Gasteiger partial charge in [-0.25, -0.2) is 8.78 Å². The molecule has 1 unspecified atom stereocenters. The average molecular weight is 345 g/mol. The Hall–Kier alpha value is -1.94. The maximum atomic E-state index is 13.7. The number of rotatable bonds is 6. The molecule has 134 valence electrons. The standard InChI is InChI=1S/C21H25F2NO/c1-16(11-14-24-12-3-2-4-13-24)17-5-8-19(9-6-17)25-21-10-7-18(22)15-20(21)23/h5-10,15-16H,2-4,11-14H2,1H3. The topological polar surface area (TPSA) is 12.5 Å². The van der Waals surface area contributed by atoms with Gasteiger partial charge in [0, 0.05) is 6.07 Å². The Bertz CT molecular complexity index is 681. The van der Waals surface area contributed by atoms with Crippen molar-refractivity contribution >= 4 is 0 Å². The Labute approximate surface area is 148 Å². The molecule has 1 heterocycles. The molecule has 0 aliphatic carbocycles. The van der Waals surface area contributed by atoms with Crippen molar-refractivity contribution in [2.75, 3.05) is 19.6 Å². The summed E-state index contributed by atoms with van der Waals surface area (Å²) in [5.74, 6) is -0.245. The van der Waals surface area contributed by atoms with Crippen LogP contribution in [-0.2, 0) is 0 Å². The molecule has 3 rings (SSSR count). The van der Waals surface area contributed by atoms with Gasteiger partial charge < -0.3 is 9.64 Å². The smallest absolute Gasteiger partial charge is 0.168 e. The van der Waals surface area contributed by atoms with Crippen LogP contribution in [0.5, 0.6) is 11.5 Å². The molecule has 1 aliphatic heterocycles. The monoisotopic (exact) mass is 345 g/mol. The van der Waals surface area contributed by atoms with Gasteiger partial charge in [0.15, 0.2) is 11.6 Å². The van der Waals surface area contributed by atoms with Crippen molar-refractivity contribution in [3.63, 3.8) is 0 Å². The van der Waals surface area contributed by atoms with Gasteiger partial charge in [-0.3, -0.25) is 0 Å². The molecule has 1 aliphatic rings. The van der Waals surface area contributed by atoms with Crippen LogP contribution >= 0.6 is 0 Å². The third-order valence-corrected chi connectivity index (χ3v) is 4.90. The van der Waals surface area contributed by atoms with E-state index in [0.717, 1.165) is 19.0 Å². The zero-order valence-corrected chi connectivity index (χ0v) is 14.7. The van der Waals surface area contributed by atoms with Crippen LogP contribution < -0.4 is 4.74 Å². The van der Waals surface area contributed by atoms with Crippen LogP contribution in [0.2, 0.25) is 0 Å². The van der Waals surface area contributed by atoms with E-state index in [1.165, 1.54) is 50.0 Å². The fourth-order valence-electron chi connectivity index (χ4n) is 3.28. The average Bonchev–Trinajstić information content (AvgIpc) is 2.63. The summed E-state index contributed by atoms with van der Waals surface area (Å²) in [6.07, 6.45) is 5.13. The van der Waals surface area contributed by atoms with Gasteiger partial charge in [0.05, 0.1) is 0 Å². The molecule has 0 N–H and O–H groups in total. The number of piperidine rings is 1. The summed E-state index contributed by atoms with van der Waals surface area (Å²) in [5.41, 5.74) is 1.25. The van der Waals surface area contributed by atoms with Gasteiger partial charge >= 0.3 is 0 Å². The molecule has 1 saturated heterocycles. The second-order valence-electron chi connectivity index (χ2n) is 6.84. The number of benzene rings is 2. The van der Waals surface area contributed by atoms with Gasteiger partial charge in [-0.2, -0.15) is 0 Å². The Morgan fingerprint density at radius 2 is 1.72 bits per heavy atom. The van der Waals surface area contributed by atoms with Gasteiger partial charge in [0.1, 0.15) is 11.6 Å². The van der Waals surface area contributed by atoms with Gasteiger partial charge in [0.2, 0.25) is 0 Å². The van der Waals surface area contributed by atoms with E-state index in [4.69, 9.17) is 4.74 Å².